The van der Waals surface area contributed by atoms with Gasteiger partial charge in [-0.15, -0.1) is 0 Å². The van der Waals surface area contributed by atoms with Crippen molar-refractivity contribution in [1.82, 2.24) is 5.32 Å². The first-order valence-electron chi connectivity index (χ1n) is 5.07. The molecule has 1 rings (SSSR count). The fourth-order valence-electron chi connectivity index (χ4n) is 1.71. The zero-order valence-electron chi connectivity index (χ0n) is 9.23. The highest BCUT2D eigenvalue weighted by Gasteiger charge is 2.24. The van der Waals surface area contributed by atoms with Gasteiger partial charge in [0, 0.05) is 26.8 Å². The summed E-state index contributed by atoms with van der Waals surface area (Å²) in [6, 6.07) is 0.0385. The van der Waals surface area contributed by atoms with E-state index in [-0.39, 0.29) is 18.1 Å². The Morgan fingerprint density at radius 1 is 1.40 bits per heavy atom. The topological polar surface area (TPSA) is 64.6 Å². The van der Waals surface area contributed by atoms with E-state index in [9.17, 15) is 8.42 Å². The van der Waals surface area contributed by atoms with Crippen molar-refractivity contribution in [1.29, 1.82) is 0 Å². The van der Waals surface area contributed by atoms with E-state index in [4.69, 9.17) is 9.47 Å². The van der Waals surface area contributed by atoms with Crippen LogP contribution < -0.4 is 5.32 Å². The van der Waals surface area contributed by atoms with Crippen LogP contribution in [0.4, 0.5) is 0 Å². The van der Waals surface area contributed by atoms with E-state index in [1.165, 1.54) is 0 Å². The number of hydrogen-bond acceptors (Lipinski definition) is 5. The van der Waals surface area contributed by atoms with E-state index in [0.29, 0.717) is 12.3 Å². The Balaban J connectivity index is 2.32. The number of ether oxygens (including phenoxy) is 2. The molecule has 1 heterocycles. The lowest BCUT2D eigenvalue weighted by molar-refractivity contribution is -0.0997. The molecule has 1 unspecified atom stereocenters. The molecule has 1 fully saturated rings. The molecule has 1 atom stereocenters. The first-order valence-corrected chi connectivity index (χ1v) is 6.89. The summed E-state index contributed by atoms with van der Waals surface area (Å²) in [4.78, 5) is 0. The van der Waals surface area contributed by atoms with Crippen LogP contribution in [-0.2, 0) is 19.3 Å². The van der Waals surface area contributed by atoms with Crippen molar-refractivity contribution in [3.8, 4) is 0 Å². The van der Waals surface area contributed by atoms with Crippen LogP contribution in [0, 0.1) is 0 Å². The molecule has 15 heavy (non-hydrogen) atoms. The zero-order chi connectivity index (χ0) is 11.3. The second-order valence-electron chi connectivity index (χ2n) is 3.76. The minimum absolute atomic E-state index is 0.0385. The van der Waals surface area contributed by atoms with Crippen LogP contribution in [0.15, 0.2) is 0 Å². The molecule has 0 aliphatic carbocycles. The molecule has 1 saturated heterocycles. The molecular formula is C9H19NO4S. The highest BCUT2D eigenvalue weighted by Crippen LogP contribution is 2.11. The molecule has 90 valence electrons. The Hall–Kier alpha value is -0.170. The highest BCUT2D eigenvalue weighted by molar-refractivity contribution is 7.91. The Morgan fingerprint density at radius 3 is 2.60 bits per heavy atom. The van der Waals surface area contributed by atoms with Crippen LogP contribution in [-0.4, -0.2) is 53.0 Å². The Morgan fingerprint density at radius 2 is 2.07 bits per heavy atom. The molecule has 5 nitrogen and oxygen atoms in total. The third-order valence-corrected chi connectivity index (χ3v) is 4.38. The molecule has 0 bridgehead atoms. The summed E-state index contributed by atoms with van der Waals surface area (Å²) >= 11 is 0. The predicted molar refractivity (Wildman–Crippen MR) is 57.5 cm³/mol. The van der Waals surface area contributed by atoms with Gasteiger partial charge in [0.2, 0.25) is 0 Å². The maximum Gasteiger partial charge on any atom is 0.169 e. The SMILES string of the molecule is COC(CNC1CCCS(=O)(=O)C1)OC. The smallest absolute Gasteiger partial charge is 0.169 e. The molecule has 0 amide bonds. The monoisotopic (exact) mass is 237 g/mol. The quantitative estimate of drug-likeness (QED) is 0.669. The zero-order valence-corrected chi connectivity index (χ0v) is 10.0. The fourth-order valence-corrected chi connectivity index (χ4v) is 3.38. The molecule has 0 aromatic carbocycles. The number of sulfone groups is 1. The van der Waals surface area contributed by atoms with E-state index >= 15 is 0 Å². The number of methoxy groups -OCH3 is 2. The van der Waals surface area contributed by atoms with E-state index in [2.05, 4.69) is 5.32 Å². The van der Waals surface area contributed by atoms with Crippen LogP contribution in [0.3, 0.4) is 0 Å². The molecule has 0 aromatic heterocycles. The number of hydrogen-bond donors (Lipinski definition) is 1. The minimum Gasteiger partial charge on any atom is -0.355 e. The van der Waals surface area contributed by atoms with Gasteiger partial charge in [-0.2, -0.15) is 0 Å². The van der Waals surface area contributed by atoms with Crippen LogP contribution >= 0.6 is 0 Å². The third-order valence-electron chi connectivity index (χ3n) is 2.56. The van der Waals surface area contributed by atoms with Crippen molar-refractivity contribution in [2.75, 3.05) is 32.3 Å². The van der Waals surface area contributed by atoms with Crippen molar-refractivity contribution in [3.63, 3.8) is 0 Å². The molecule has 0 aromatic rings. The lowest BCUT2D eigenvalue weighted by Crippen LogP contribution is -2.43. The number of nitrogens with one attached hydrogen (secondary N) is 1. The van der Waals surface area contributed by atoms with Crippen molar-refractivity contribution < 1.29 is 17.9 Å². The molecule has 0 spiro atoms. The first-order chi connectivity index (χ1) is 7.07. The maximum atomic E-state index is 11.3. The van der Waals surface area contributed by atoms with Gasteiger partial charge in [0.15, 0.2) is 16.1 Å². The van der Waals surface area contributed by atoms with Crippen LogP contribution in [0.1, 0.15) is 12.8 Å². The largest absolute Gasteiger partial charge is 0.355 e. The minimum atomic E-state index is -2.84. The Kier molecular flexibility index (Phi) is 4.98. The summed E-state index contributed by atoms with van der Waals surface area (Å²) in [5.41, 5.74) is 0. The van der Waals surface area contributed by atoms with E-state index in [1.807, 2.05) is 0 Å². The van der Waals surface area contributed by atoms with Gasteiger partial charge in [-0.3, -0.25) is 0 Å². The standard InChI is InChI=1S/C9H19NO4S/c1-13-9(14-2)6-10-8-4-3-5-15(11,12)7-8/h8-10H,3-7H2,1-2H3. The summed E-state index contributed by atoms with van der Waals surface area (Å²) in [5, 5.41) is 3.15. The maximum absolute atomic E-state index is 11.3. The summed E-state index contributed by atoms with van der Waals surface area (Å²) in [6.45, 7) is 0.521. The van der Waals surface area contributed by atoms with Crippen LogP contribution in [0.5, 0.6) is 0 Å². The third kappa shape index (κ3) is 4.46. The van der Waals surface area contributed by atoms with Gasteiger partial charge in [-0.25, -0.2) is 8.42 Å². The van der Waals surface area contributed by atoms with Crippen molar-refractivity contribution in [2.24, 2.45) is 0 Å². The van der Waals surface area contributed by atoms with Gasteiger partial charge in [0.25, 0.3) is 0 Å². The fraction of sp³-hybridized carbons (Fsp3) is 1.00. The normalized spacial score (nSPS) is 25.7. The van der Waals surface area contributed by atoms with Gasteiger partial charge < -0.3 is 14.8 Å². The van der Waals surface area contributed by atoms with Crippen molar-refractivity contribution in [3.05, 3.63) is 0 Å². The number of rotatable bonds is 5. The predicted octanol–water partition coefficient (Wildman–Crippen LogP) is -0.228. The molecule has 1 N–H and O–H groups in total. The van der Waals surface area contributed by atoms with Gasteiger partial charge >= 0.3 is 0 Å². The average Bonchev–Trinajstić information content (AvgIpc) is 2.18. The van der Waals surface area contributed by atoms with Crippen molar-refractivity contribution in [2.45, 2.75) is 25.2 Å². The molecular weight excluding hydrogens is 218 g/mol. The van der Waals surface area contributed by atoms with Crippen molar-refractivity contribution >= 4 is 9.84 Å². The van der Waals surface area contributed by atoms with E-state index in [0.717, 1.165) is 12.8 Å². The summed E-state index contributed by atoms with van der Waals surface area (Å²) in [5.74, 6) is 0.552. The lowest BCUT2D eigenvalue weighted by Gasteiger charge is -2.24. The van der Waals surface area contributed by atoms with Gasteiger partial charge in [0.1, 0.15) is 0 Å². The van der Waals surface area contributed by atoms with E-state index < -0.39 is 9.84 Å². The van der Waals surface area contributed by atoms with Gasteiger partial charge in [-0.05, 0) is 12.8 Å². The Bertz CT molecular complexity index is 274. The molecule has 0 saturated carbocycles. The molecule has 1 aliphatic rings. The molecule has 6 heteroatoms. The summed E-state index contributed by atoms with van der Waals surface area (Å²) in [6.07, 6.45) is 1.33. The Labute approximate surface area is 91.1 Å². The highest BCUT2D eigenvalue weighted by atomic mass is 32.2. The van der Waals surface area contributed by atoms with Gasteiger partial charge in [0.05, 0.1) is 11.5 Å². The lowest BCUT2D eigenvalue weighted by atomic mass is 10.2. The van der Waals surface area contributed by atoms with E-state index in [1.54, 1.807) is 14.2 Å². The average molecular weight is 237 g/mol. The second kappa shape index (κ2) is 5.79. The summed E-state index contributed by atoms with van der Waals surface area (Å²) < 4.78 is 32.7. The van der Waals surface area contributed by atoms with Crippen LogP contribution in [0.2, 0.25) is 0 Å². The molecule has 1 aliphatic heterocycles. The van der Waals surface area contributed by atoms with Gasteiger partial charge in [-0.1, -0.05) is 0 Å². The molecule has 0 radical (unpaired) electrons. The van der Waals surface area contributed by atoms with Crippen LogP contribution in [0.25, 0.3) is 0 Å². The summed E-state index contributed by atoms with van der Waals surface area (Å²) in [7, 11) is 0.289. The second-order valence-corrected chi connectivity index (χ2v) is 5.99. The first kappa shape index (κ1) is 12.9.